The van der Waals surface area contributed by atoms with Crippen LogP contribution in [0.2, 0.25) is 0 Å². The Kier molecular flexibility index (Phi) is 5.01. The zero-order chi connectivity index (χ0) is 18.6. The fourth-order valence-corrected chi connectivity index (χ4v) is 3.06. The first kappa shape index (κ1) is 17.7. The summed E-state index contributed by atoms with van der Waals surface area (Å²) in [5, 5.41) is 5.56. The molecule has 132 valence electrons. The summed E-state index contributed by atoms with van der Waals surface area (Å²) in [6, 6.07) is 21.7. The number of anilines is 3. The molecule has 3 aromatic rings. The Morgan fingerprint density at radius 3 is 2.04 bits per heavy atom. The Balaban J connectivity index is 1.91. The average Bonchev–Trinajstić information content (AvgIpc) is 2.63. The van der Waals surface area contributed by atoms with E-state index in [1.807, 2.05) is 6.07 Å². The van der Waals surface area contributed by atoms with E-state index >= 15 is 0 Å². The van der Waals surface area contributed by atoms with Crippen LogP contribution >= 0.6 is 0 Å². The van der Waals surface area contributed by atoms with Crippen molar-refractivity contribution in [2.75, 3.05) is 10.6 Å². The molecule has 0 aliphatic carbocycles. The predicted molar refractivity (Wildman–Crippen MR) is 100 cm³/mol. The van der Waals surface area contributed by atoms with Gasteiger partial charge < -0.3 is 10.6 Å². The first-order chi connectivity index (χ1) is 12.4. The van der Waals surface area contributed by atoms with Crippen LogP contribution in [0.4, 0.5) is 17.1 Å². The molecule has 0 aliphatic rings. The minimum atomic E-state index is -4.49. The second-order valence-electron chi connectivity index (χ2n) is 5.50. The molecule has 3 N–H and O–H groups in total. The van der Waals surface area contributed by atoms with Gasteiger partial charge in [-0.3, -0.25) is 9.35 Å². The number of carbonyl (C=O) groups is 1. The molecule has 6 nitrogen and oxygen atoms in total. The highest BCUT2D eigenvalue weighted by atomic mass is 32.2. The first-order valence-corrected chi connectivity index (χ1v) is 9.17. The van der Waals surface area contributed by atoms with Crippen LogP contribution in [-0.4, -0.2) is 18.9 Å². The van der Waals surface area contributed by atoms with Crippen molar-refractivity contribution in [2.45, 2.75) is 4.90 Å². The molecule has 0 aliphatic heterocycles. The van der Waals surface area contributed by atoms with Gasteiger partial charge in [-0.2, -0.15) is 8.42 Å². The fourth-order valence-electron chi connectivity index (χ4n) is 2.39. The topological polar surface area (TPSA) is 95.5 Å². The molecule has 0 atom stereocenters. The Morgan fingerprint density at radius 2 is 1.42 bits per heavy atom. The number of nitrogens with one attached hydrogen (secondary N) is 2. The van der Waals surface area contributed by atoms with Gasteiger partial charge in [-0.05, 0) is 42.5 Å². The quantitative estimate of drug-likeness (QED) is 0.593. The summed E-state index contributed by atoms with van der Waals surface area (Å²) in [7, 11) is -4.49. The number of benzene rings is 3. The van der Waals surface area contributed by atoms with E-state index in [-0.39, 0.29) is 22.2 Å². The molecule has 0 radical (unpaired) electrons. The van der Waals surface area contributed by atoms with E-state index in [0.717, 1.165) is 0 Å². The van der Waals surface area contributed by atoms with Crippen LogP contribution in [0.25, 0.3) is 0 Å². The van der Waals surface area contributed by atoms with Crippen LogP contribution in [0.3, 0.4) is 0 Å². The first-order valence-electron chi connectivity index (χ1n) is 7.73. The summed E-state index contributed by atoms with van der Waals surface area (Å²) < 4.78 is 33.1. The molecule has 7 heteroatoms. The molecule has 0 spiro atoms. The van der Waals surface area contributed by atoms with Gasteiger partial charge in [0.1, 0.15) is 4.90 Å². The Hall–Kier alpha value is -3.16. The van der Waals surface area contributed by atoms with E-state index in [4.69, 9.17) is 0 Å². The highest BCUT2D eigenvalue weighted by Gasteiger charge is 2.17. The van der Waals surface area contributed by atoms with Gasteiger partial charge >= 0.3 is 0 Å². The number of amides is 1. The Labute approximate surface area is 151 Å². The van der Waals surface area contributed by atoms with Crippen LogP contribution in [0, 0.1) is 0 Å². The van der Waals surface area contributed by atoms with Crippen LogP contribution in [0.5, 0.6) is 0 Å². The zero-order valence-electron chi connectivity index (χ0n) is 13.6. The van der Waals surface area contributed by atoms with E-state index in [9.17, 15) is 17.8 Å². The lowest BCUT2D eigenvalue weighted by Gasteiger charge is -2.13. The third-order valence-corrected chi connectivity index (χ3v) is 4.50. The molecular weight excluding hydrogens is 352 g/mol. The molecule has 0 heterocycles. The molecule has 0 aromatic heterocycles. The summed E-state index contributed by atoms with van der Waals surface area (Å²) in [6.45, 7) is 0. The second kappa shape index (κ2) is 7.38. The molecule has 0 saturated carbocycles. The number of carbonyl (C=O) groups excluding carboxylic acids is 1. The Bertz CT molecular complexity index is 1020. The maximum Gasteiger partial charge on any atom is 0.296 e. The molecule has 3 rings (SSSR count). The lowest BCUT2D eigenvalue weighted by molar-refractivity contribution is 0.102. The van der Waals surface area contributed by atoms with Crippen LogP contribution in [0.1, 0.15) is 10.4 Å². The summed E-state index contributed by atoms with van der Waals surface area (Å²) in [4.78, 5) is 11.9. The van der Waals surface area contributed by atoms with Crippen molar-refractivity contribution in [1.29, 1.82) is 0 Å². The van der Waals surface area contributed by atoms with E-state index in [1.165, 1.54) is 12.1 Å². The average molecular weight is 368 g/mol. The van der Waals surface area contributed by atoms with Crippen molar-refractivity contribution in [3.8, 4) is 0 Å². The molecule has 0 bridgehead atoms. The van der Waals surface area contributed by atoms with E-state index in [0.29, 0.717) is 11.3 Å². The van der Waals surface area contributed by atoms with E-state index in [2.05, 4.69) is 10.6 Å². The van der Waals surface area contributed by atoms with Gasteiger partial charge in [0, 0.05) is 16.9 Å². The lowest BCUT2D eigenvalue weighted by Crippen LogP contribution is -2.12. The maximum absolute atomic E-state index is 12.2. The van der Waals surface area contributed by atoms with E-state index < -0.39 is 10.1 Å². The number of rotatable bonds is 5. The SMILES string of the molecule is O=C(Nc1ccc(Nc2ccccc2)c(S(=O)(=O)O)c1)c1ccccc1. The van der Waals surface area contributed by atoms with Gasteiger partial charge in [0.25, 0.3) is 16.0 Å². The predicted octanol–water partition coefficient (Wildman–Crippen LogP) is 3.93. The van der Waals surface area contributed by atoms with Gasteiger partial charge in [-0.25, -0.2) is 0 Å². The number of hydrogen-bond acceptors (Lipinski definition) is 4. The van der Waals surface area contributed by atoms with Crippen LogP contribution in [-0.2, 0) is 10.1 Å². The largest absolute Gasteiger partial charge is 0.354 e. The highest BCUT2D eigenvalue weighted by Crippen LogP contribution is 2.28. The highest BCUT2D eigenvalue weighted by molar-refractivity contribution is 7.86. The molecule has 3 aromatic carbocycles. The number of para-hydroxylation sites is 1. The van der Waals surface area contributed by atoms with Crippen molar-refractivity contribution in [3.05, 3.63) is 84.4 Å². The number of hydrogen-bond donors (Lipinski definition) is 3. The molecule has 1 amide bonds. The smallest absolute Gasteiger partial charge is 0.296 e. The van der Waals surface area contributed by atoms with Gasteiger partial charge in [0.2, 0.25) is 0 Å². The van der Waals surface area contributed by atoms with E-state index in [1.54, 1.807) is 60.7 Å². The van der Waals surface area contributed by atoms with Gasteiger partial charge in [0.05, 0.1) is 5.69 Å². The molecule has 26 heavy (non-hydrogen) atoms. The third kappa shape index (κ3) is 4.27. The summed E-state index contributed by atoms with van der Waals surface area (Å²) >= 11 is 0. The Morgan fingerprint density at radius 1 is 0.808 bits per heavy atom. The van der Waals surface area contributed by atoms with Crippen molar-refractivity contribution in [3.63, 3.8) is 0 Å². The molecule has 0 unspecified atom stereocenters. The summed E-state index contributed by atoms with van der Waals surface area (Å²) in [5.74, 6) is -0.379. The van der Waals surface area contributed by atoms with Gasteiger partial charge in [-0.15, -0.1) is 0 Å². The zero-order valence-corrected chi connectivity index (χ0v) is 14.4. The summed E-state index contributed by atoms with van der Waals surface area (Å²) in [5.41, 5.74) is 1.56. The van der Waals surface area contributed by atoms with Crippen molar-refractivity contribution < 1.29 is 17.8 Å². The second-order valence-corrected chi connectivity index (χ2v) is 6.89. The van der Waals surface area contributed by atoms with Gasteiger partial charge in [-0.1, -0.05) is 36.4 Å². The molecule has 0 saturated heterocycles. The van der Waals surface area contributed by atoms with Crippen LogP contribution < -0.4 is 10.6 Å². The summed E-state index contributed by atoms with van der Waals surface area (Å²) in [6.07, 6.45) is 0. The van der Waals surface area contributed by atoms with Gasteiger partial charge in [0.15, 0.2) is 0 Å². The van der Waals surface area contributed by atoms with Crippen molar-refractivity contribution in [1.82, 2.24) is 0 Å². The maximum atomic E-state index is 12.2. The lowest BCUT2D eigenvalue weighted by atomic mass is 10.2. The fraction of sp³-hybridized carbons (Fsp3) is 0. The van der Waals surface area contributed by atoms with Crippen LogP contribution in [0.15, 0.2) is 83.8 Å². The molecule has 0 fully saturated rings. The normalized spacial score (nSPS) is 11.0. The monoisotopic (exact) mass is 368 g/mol. The standard InChI is InChI=1S/C19H16N2O4S/c22-19(14-7-3-1-4-8-14)21-16-11-12-17(18(13-16)26(23,24)25)20-15-9-5-2-6-10-15/h1-13,20H,(H,21,22)(H,23,24,25). The minimum Gasteiger partial charge on any atom is -0.354 e. The third-order valence-electron chi connectivity index (χ3n) is 3.61. The molecular formula is C19H16N2O4S. The minimum absolute atomic E-state index is 0.205. The van der Waals surface area contributed by atoms with Crippen molar-refractivity contribution >= 4 is 33.1 Å². The van der Waals surface area contributed by atoms with Crippen molar-refractivity contribution in [2.24, 2.45) is 0 Å².